The van der Waals surface area contributed by atoms with E-state index in [9.17, 15) is 0 Å². The summed E-state index contributed by atoms with van der Waals surface area (Å²) in [5.74, 6) is 2.05. The summed E-state index contributed by atoms with van der Waals surface area (Å²) >= 11 is 6.08. The molecule has 3 rings (SSSR count). The molecular formula is C15H21ClN4. The van der Waals surface area contributed by atoms with Crippen molar-refractivity contribution in [2.75, 3.05) is 20.1 Å². The lowest BCUT2D eigenvalue weighted by Crippen LogP contribution is -2.34. The van der Waals surface area contributed by atoms with Crippen LogP contribution in [0.25, 0.3) is 11.2 Å². The number of halogens is 1. The molecule has 1 fully saturated rings. The molecule has 108 valence electrons. The number of hydrogen-bond acceptors (Lipinski definition) is 3. The van der Waals surface area contributed by atoms with Crippen LogP contribution in [0.2, 0.25) is 0 Å². The second kappa shape index (κ2) is 5.70. The first-order valence-electron chi connectivity index (χ1n) is 7.24. The lowest BCUT2D eigenvalue weighted by Gasteiger charge is -2.30. The Labute approximate surface area is 124 Å². The van der Waals surface area contributed by atoms with Gasteiger partial charge in [-0.25, -0.2) is 9.97 Å². The van der Waals surface area contributed by atoms with Gasteiger partial charge in [0, 0.05) is 19.3 Å². The lowest BCUT2D eigenvalue weighted by atomic mass is 9.98. The number of aromatic nitrogens is 3. The number of piperidine rings is 1. The number of pyridine rings is 1. The van der Waals surface area contributed by atoms with Crippen LogP contribution in [0, 0.1) is 12.8 Å². The number of fused-ring (bicyclic) bond motifs is 1. The molecule has 3 heterocycles. The van der Waals surface area contributed by atoms with Crippen molar-refractivity contribution in [2.24, 2.45) is 5.92 Å². The second-order valence-corrected chi connectivity index (χ2v) is 6.11. The molecule has 0 spiro atoms. The molecule has 2 aromatic rings. The maximum Gasteiger partial charge on any atom is 0.160 e. The van der Waals surface area contributed by atoms with Gasteiger partial charge in [-0.1, -0.05) is 0 Å². The van der Waals surface area contributed by atoms with E-state index in [1.807, 2.05) is 12.3 Å². The van der Waals surface area contributed by atoms with Gasteiger partial charge in [-0.15, -0.1) is 11.6 Å². The third kappa shape index (κ3) is 2.54. The van der Waals surface area contributed by atoms with Gasteiger partial charge in [0.15, 0.2) is 5.65 Å². The third-order valence-electron chi connectivity index (χ3n) is 4.20. The minimum atomic E-state index is 0.443. The summed E-state index contributed by atoms with van der Waals surface area (Å²) in [5, 5.41) is 0. The number of rotatable bonds is 3. The van der Waals surface area contributed by atoms with Crippen LogP contribution in [0.1, 0.15) is 24.2 Å². The van der Waals surface area contributed by atoms with Gasteiger partial charge in [-0.05, 0) is 50.9 Å². The molecule has 2 aromatic heterocycles. The molecular weight excluding hydrogens is 272 g/mol. The molecule has 0 N–H and O–H groups in total. The van der Waals surface area contributed by atoms with E-state index >= 15 is 0 Å². The molecule has 1 unspecified atom stereocenters. The number of likely N-dealkylation sites (tertiary alicyclic amines) is 1. The van der Waals surface area contributed by atoms with E-state index in [1.54, 1.807) is 0 Å². The Balaban J connectivity index is 1.95. The Hall–Kier alpha value is -1.13. The smallest absolute Gasteiger partial charge is 0.160 e. The van der Waals surface area contributed by atoms with Gasteiger partial charge < -0.3 is 9.47 Å². The molecule has 0 aromatic carbocycles. The van der Waals surface area contributed by atoms with Crippen molar-refractivity contribution in [1.82, 2.24) is 19.4 Å². The van der Waals surface area contributed by atoms with E-state index < -0.39 is 0 Å². The number of hydrogen-bond donors (Lipinski definition) is 0. The molecule has 20 heavy (non-hydrogen) atoms. The summed E-state index contributed by atoms with van der Waals surface area (Å²) in [4.78, 5) is 11.6. The fourth-order valence-electron chi connectivity index (χ4n) is 3.16. The van der Waals surface area contributed by atoms with Crippen molar-refractivity contribution in [1.29, 1.82) is 0 Å². The van der Waals surface area contributed by atoms with Crippen LogP contribution in [0.3, 0.4) is 0 Å². The highest BCUT2D eigenvalue weighted by Crippen LogP contribution is 2.23. The molecule has 0 saturated carbocycles. The summed E-state index contributed by atoms with van der Waals surface area (Å²) in [7, 11) is 2.20. The van der Waals surface area contributed by atoms with Crippen molar-refractivity contribution in [3.63, 3.8) is 0 Å². The summed E-state index contributed by atoms with van der Waals surface area (Å²) in [6.45, 7) is 5.40. The van der Waals surface area contributed by atoms with Gasteiger partial charge in [-0.2, -0.15) is 0 Å². The topological polar surface area (TPSA) is 34.0 Å². The molecule has 1 saturated heterocycles. The average Bonchev–Trinajstić information content (AvgIpc) is 2.79. The lowest BCUT2D eigenvalue weighted by molar-refractivity contribution is 0.194. The highest BCUT2D eigenvalue weighted by Gasteiger charge is 2.21. The normalized spacial score (nSPS) is 20.6. The minimum absolute atomic E-state index is 0.443. The van der Waals surface area contributed by atoms with E-state index in [-0.39, 0.29) is 0 Å². The predicted molar refractivity (Wildman–Crippen MR) is 82.0 cm³/mol. The SMILES string of the molecule is Cc1ccnc2c1nc(CCl)n2CC1CCCN(C)C1. The Bertz CT molecular complexity index is 607. The van der Waals surface area contributed by atoms with Crippen LogP contribution < -0.4 is 0 Å². The Morgan fingerprint density at radius 3 is 3.05 bits per heavy atom. The second-order valence-electron chi connectivity index (χ2n) is 5.84. The largest absolute Gasteiger partial charge is 0.311 e. The highest BCUT2D eigenvalue weighted by molar-refractivity contribution is 6.16. The molecule has 1 aliphatic heterocycles. The Morgan fingerprint density at radius 2 is 2.30 bits per heavy atom. The van der Waals surface area contributed by atoms with Crippen molar-refractivity contribution in [3.05, 3.63) is 23.7 Å². The fraction of sp³-hybridized carbons (Fsp3) is 0.600. The van der Waals surface area contributed by atoms with Crippen LogP contribution in [0.4, 0.5) is 0 Å². The fourth-order valence-corrected chi connectivity index (χ4v) is 3.36. The minimum Gasteiger partial charge on any atom is -0.311 e. The monoisotopic (exact) mass is 292 g/mol. The molecule has 5 heteroatoms. The van der Waals surface area contributed by atoms with Crippen LogP contribution in [0.15, 0.2) is 12.3 Å². The molecule has 0 aliphatic carbocycles. The predicted octanol–water partition coefficient (Wildman–Crippen LogP) is 2.82. The highest BCUT2D eigenvalue weighted by atomic mass is 35.5. The van der Waals surface area contributed by atoms with Gasteiger partial charge in [-0.3, -0.25) is 0 Å². The molecule has 0 bridgehead atoms. The summed E-state index contributed by atoms with van der Waals surface area (Å²) in [6.07, 6.45) is 4.41. The first-order valence-corrected chi connectivity index (χ1v) is 7.77. The summed E-state index contributed by atoms with van der Waals surface area (Å²) in [5.41, 5.74) is 3.14. The van der Waals surface area contributed by atoms with Crippen LogP contribution in [-0.4, -0.2) is 39.6 Å². The van der Waals surface area contributed by atoms with Gasteiger partial charge in [0.2, 0.25) is 0 Å². The molecule has 4 nitrogen and oxygen atoms in total. The molecule has 1 atom stereocenters. The van der Waals surface area contributed by atoms with Gasteiger partial charge >= 0.3 is 0 Å². The first-order chi connectivity index (χ1) is 9.69. The number of imidazole rings is 1. The number of aryl methyl sites for hydroxylation is 1. The average molecular weight is 293 g/mol. The maximum absolute atomic E-state index is 6.08. The molecule has 1 aliphatic rings. The van der Waals surface area contributed by atoms with E-state index in [0.717, 1.165) is 30.1 Å². The van der Waals surface area contributed by atoms with Gasteiger partial charge in [0.05, 0.1) is 5.88 Å². The van der Waals surface area contributed by atoms with E-state index in [1.165, 1.54) is 24.9 Å². The zero-order valence-corrected chi connectivity index (χ0v) is 12.9. The Kier molecular flexibility index (Phi) is 3.94. The summed E-state index contributed by atoms with van der Waals surface area (Å²) < 4.78 is 2.22. The van der Waals surface area contributed by atoms with Crippen LogP contribution in [-0.2, 0) is 12.4 Å². The quantitative estimate of drug-likeness (QED) is 0.816. The van der Waals surface area contributed by atoms with Gasteiger partial charge in [0.25, 0.3) is 0 Å². The van der Waals surface area contributed by atoms with Crippen molar-refractivity contribution < 1.29 is 0 Å². The van der Waals surface area contributed by atoms with Crippen molar-refractivity contribution in [2.45, 2.75) is 32.2 Å². The van der Waals surface area contributed by atoms with Gasteiger partial charge in [0.1, 0.15) is 11.3 Å². The van der Waals surface area contributed by atoms with E-state index in [0.29, 0.717) is 11.8 Å². The number of alkyl halides is 1. The van der Waals surface area contributed by atoms with E-state index in [4.69, 9.17) is 11.6 Å². The zero-order valence-electron chi connectivity index (χ0n) is 12.1. The first kappa shape index (κ1) is 13.8. The Morgan fingerprint density at radius 1 is 1.45 bits per heavy atom. The summed E-state index contributed by atoms with van der Waals surface area (Å²) in [6, 6.07) is 2.01. The standard InChI is InChI=1S/C15H21ClN4/c1-11-5-6-17-15-14(11)18-13(8-16)20(15)10-12-4-3-7-19(2)9-12/h5-6,12H,3-4,7-10H2,1-2H3. The zero-order chi connectivity index (χ0) is 14.1. The maximum atomic E-state index is 6.08. The van der Waals surface area contributed by atoms with E-state index in [2.05, 4.69) is 33.4 Å². The van der Waals surface area contributed by atoms with Crippen LogP contribution >= 0.6 is 11.6 Å². The van der Waals surface area contributed by atoms with Crippen LogP contribution in [0.5, 0.6) is 0 Å². The van der Waals surface area contributed by atoms with Crippen molar-refractivity contribution >= 4 is 22.8 Å². The number of nitrogens with zero attached hydrogens (tertiary/aromatic N) is 4. The van der Waals surface area contributed by atoms with Crippen molar-refractivity contribution in [3.8, 4) is 0 Å². The third-order valence-corrected chi connectivity index (χ3v) is 4.44. The molecule has 0 amide bonds. The molecule has 0 radical (unpaired) electrons.